The van der Waals surface area contributed by atoms with Crippen LogP contribution in [0.15, 0.2) is 24.3 Å². The molecule has 0 bridgehead atoms. The number of hydrogen-bond acceptors (Lipinski definition) is 3. The number of hydrogen-bond donors (Lipinski definition) is 2. The van der Waals surface area contributed by atoms with Gasteiger partial charge in [0, 0.05) is 19.6 Å². The van der Waals surface area contributed by atoms with Gasteiger partial charge in [-0.15, -0.1) is 0 Å². The molecule has 0 aliphatic carbocycles. The second kappa shape index (κ2) is 7.36. The summed E-state index contributed by atoms with van der Waals surface area (Å²) in [7, 11) is 0. The van der Waals surface area contributed by atoms with Crippen LogP contribution in [0.3, 0.4) is 0 Å². The lowest BCUT2D eigenvalue weighted by molar-refractivity contribution is -0.139. The van der Waals surface area contributed by atoms with E-state index in [2.05, 4.69) is 5.32 Å². The molecule has 1 aliphatic rings. The summed E-state index contributed by atoms with van der Waals surface area (Å²) in [5.41, 5.74) is 1.73. The molecular formula is C15H20N2O3S. The van der Waals surface area contributed by atoms with Crippen molar-refractivity contribution in [2.45, 2.75) is 18.9 Å². The molecule has 2 rings (SSSR count). The number of carbonyl (C=O) groups is 2. The van der Waals surface area contributed by atoms with Crippen LogP contribution in [-0.2, 0) is 11.3 Å². The molecule has 1 aromatic carbocycles. The van der Waals surface area contributed by atoms with Crippen LogP contribution >= 0.6 is 11.8 Å². The van der Waals surface area contributed by atoms with Crippen molar-refractivity contribution in [2.75, 3.05) is 25.1 Å². The average Bonchev–Trinajstić information content (AvgIpc) is 2.50. The van der Waals surface area contributed by atoms with Crippen molar-refractivity contribution in [2.24, 2.45) is 0 Å². The minimum atomic E-state index is -0.887. The van der Waals surface area contributed by atoms with E-state index < -0.39 is 11.9 Å². The Bertz CT molecular complexity index is 521. The summed E-state index contributed by atoms with van der Waals surface area (Å²) in [4.78, 5) is 25.2. The molecule has 1 heterocycles. The summed E-state index contributed by atoms with van der Waals surface area (Å²) in [6, 6.07) is 7.25. The molecule has 0 fully saturated rings. The topological polar surface area (TPSA) is 69.6 Å². The predicted molar refractivity (Wildman–Crippen MR) is 83.6 cm³/mol. The van der Waals surface area contributed by atoms with Gasteiger partial charge in [0.1, 0.15) is 0 Å². The highest BCUT2D eigenvalue weighted by Gasteiger charge is 2.32. The van der Waals surface area contributed by atoms with E-state index in [4.69, 9.17) is 0 Å². The van der Waals surface area contributed by atoms with Crippen molar-refractivity contribution in [3.8, 4) is 0 Å². The predicted octanol–water partition coefficient (Wildman–Crippen LogP) is 2.13. The van der Waals surface area contributed by atoms with E-state index in [-0.39, 0.29) is 12.6 Å². The summed E-state index contributed by atoms with van der Waals surface area (Å²) >= 11 is 1.74. The minimum Gasteiger partial charge on any atom is -0.481 e. The number of nitrogens with one attached hydrogen (secondary N) is 1. The van der Waals surface area contributed by atoms with Crippen LogP contribution in [0.25, 0.3) is 0 Å². The van der Waals surface area contributed by atoms with Crippen LogP contribution in [0.1, 0.15) is 23.5 Å². The fourth-order valence-electron chi connectivity index (χ4n) is 2.50. The zero-order chi connectivity index (χ0) is 15.2. The Hall–Kier alpha value is -1.69. The molecule has 114 valence electrons. The molecule has 5 nitrogen and oxygen atoms in total. The highest BCUT2D eigenvalue weighted by molar-refractivity contribution is 7.98. The van der Waals surface area contributed by atoms with Crippen molar-refractivity contribution in [3.63, 3.8) is 0 Å². The van der Waals surface area contributed by atoms with Gasteiger partial charge in [-0.25, -0.2) is 4.79 Å². The van der Waals surface area contributed by atoms with Crippen LogP contribution in [0.5, 0.6) is 0 Å². The summed E-state index contributed by atoms with van der Waals surface area (Å²) in [6.45, 7) is 1.31. The van der Waals surface area contributed by atoms with E-state index >= 15 is 0 Å². The Labute approximate surface area is 128 Å². The Morgan fingerprint density at radius 2 is 2.19 bits per heavy atom. The third kappa shape index (κ3) is 3.91. The number of carboxylic acid groups (broad SMARTS) is 1. The summed E-state index contributed by atoms with van der Waals surface area (Å²) in [6.07, 6.45) is 2.94. The number of fused-ring (bicyclic) bond motifs is 1. The van der Waals surface area contributed by atoms with Crippen LogP contribution in [0, 0.1) is 0 Å². The average molecular weight is 308 g/mol. The minimum absolute atomic E-state index is 0.183. The van der Waals surface area contributed by atoms with Gasteiger partial charge < -0.3 is 15.3 Å². The molecule has 2 amide bonds. The fourth-order valence-corrected chi connectivity index (χ4v) is 2.93. The first kappa shape index (κ1) is 15.7. The van der Waals surface area contributed by atoms with Gasteiger partial charge in [-0.1, -0.05) is 24.3 Å². The van der Waals surface area contributed by atoms with Gasteiger partial charge >= 0.3 is 12.0 Å². The number of urea groups is 1. The number of nitrogens with zero attached hydrogens (tertiary/aromatic N) is 1. The SMILES string of the molecule is CSCCCNC(=O)N1Cc2ccccc2C(C(=O)O)C1. The quantitative estimate of drug-likeness (QED) is 0.818. The molecule has 6 heteroatoms. The molecule has 1 aromatic rings. The number of thioether (sulfide) groups is 1. The Balaban J connectivity index is 2.03. The van der Waals surface area contributed by atoms with Gasteiger partial charge in [-0.2, -0.15) is 11.8 Å². The van der Waals surface area contributed by atoms with E-state index in [1.54, 1.807) is 16.7 Å². The number of carbonyl (C=O) groups excluding carboxylic acids is 1. The number of rotatable bonds is 5. The second-order valence-electron chi connectivity index (χ2n) is 5.05. The highest BCUT2D eigenvalue weighted by atomic mass is 32.2. The van der Waals surface area contributed by atoms with E-state index in [9.17, 15) is 14.7 Å². The van der Waals surface area contributed by atoms with Gasteiger partial charge in [-0.3, -0.25) is 4.79 Å². The lowest BCUT2D eigenvalue weighted by Crippen LogP contribution is -2.45. The summed E-state index contributed by atoms with van der Waals surface area (Å²) in [5.74, 6) is -0.532. The Morgan fingerprint density at radius 1 is 1.43 bits per heavy atom. The standard InChI is InChI=1S/C15H20N2O3S/c1-21-8-4-7-16-15(20)17-9-11-5-2-3-6-12(11)13(10-17)14(18)19/h2-3,5-6,13H,4,7-10H2,1H3,(H,16,20)(H,18,19). The maximum atomic E-state index is 12.2. The van der Waals surface area contributed by atoms with Crippen LogP contribution in [-0.4, -0.2) is 47.1 Å². The summed E-state index contributed by atoms with van der Waals surface area (Å²) in [5, 5.41) is 12.2. The maximum Gasteiger partial charge on any atom is 0.317 e. The normalized spacial score (nSPS) is 17.2. The molecule has 0 saturated carbocycles. The molecule has 1 unspecified atom stereocenters. The van der Waals surface area contributed by atoms with Gasteiger partial charge in [0.15, 0.2) is 0 Å². The van der Waals surface area contributed by atoms with Crippen molar-refractivity contribution < 1.29 is 14.7 Å². The van der Waals surface area contributed by atoms with Crippen LogP contribution in [0.2, 0.25) is 0 Å². The van der Waals surface area contributed by atoms with Gasteiger partial charge in [-0.05, 0) is 29.6 Å². The first-order valence-electron chi connectivity index (χ1n) is 6.95. The largest absolute Gasteiger partial charge is 0.481 e. The lowest BCUT2D eigenvalue weighted by atomic mass is 9.90. The third-order valence-corrected chi connectivity index (χ3v) is 4.28. The van der Waals surface area contributed by atoms with Gasteiger partial charge in [0.05, 0.1) is 5.92 Å². The second-order valence-corrected chi connectivity index (χ2v) is 6.03. The number of amides is 2. The van der Waals surface area contributed by atoms with Crippen LogP contribution in [0.4, 0.5) is 4.79 Å². The Kier molecular flexibility index (Phi) is 5.50. The number of carboxylic acids is 1. The molecule has 0 aromatic heterocycles. The molecule has 0 saturated heterocycles. The van der Waals surface area contributed by atoms with Crippen molar-refractivity contribution in [1.29, 1.82) is 0 Å². The monoisotopic (exact) mass is 308 g/mol. The van der Waals surface area contributed by atoms with Crippen molar-refractivity contribution in [3.05, 3.63) is 35.4 Å². The zero-order valence-corrected chi connectivity index (χ0v) is 12.9. The molecule has 1 atom stereocenters. The third-order valence-electron chi connectivity index (χ3n) is 3.58. The highest BCUT2D eigenvalue weighted by Crippen LogP contribution is 2.28. The molecule has 1 aliphatic heterocycles. The number of aliphatic carboxylic acids is 1. The first-order valence-corrected chi connectivity index (χ1v) is 8.35. The van der Waals surface area contributed by atoms with E-state index in [1.165, 1.54) is 0 Å². The fraction of sp³-hybridized carbons (Fsp3) is 0.467. The molecule has 21 heavy (non-hydrogen) atoms. The Morgan fingerprint density at radius 3 is 2.90 bits per heavy atom. The molecule has 0 spiro atoms. The van der Waals surface area contributed by atoms with Gasteiger partial charge in [0.2, 0.25) is 0 Å². The smallest absolute Gasteiger partial charge is 0.317 e. The molecule has 0 radical (unpaired) electrons. The van der Waals surface area contributed by atoms with Crippen molar-refractivity contribution >= 4 is 23.8 Å². The van der Waals surface area contributed by atoms with E-state index in [0.29, 0.717) is 13.1 Å². The van der Waals surface area contributed by atoms with Crippen molar-refractivity contribution in [1.82, 2.24) is 10.2 Å². The van der Waals surface area contributed by atoms with E-state index in [1.807, 2.05) is 30.5 Å². The lowest BCUT2D eigenvalue weighted by Gasteiger charge is -2.32. The zero-order valence-electron chi connectivity index (χ0n) is 12.0. The maximum absolute atomic E-state index is 12.2. The molecular weight excluding hydrogens is 288 g/mol. The first-order chi connectivity index (χ1) is 10.1. The van der Waals surface area contributed by atoms with E-state index in [0.717, 1.165) is 23.3 Å². The van der Waals surface area contributed by atoms with Gasteiger partial charge in [0.25, 0.3) is 0 Å². The molecule has 2 N–H and O–H groups in total. The van der Waals surface area contributed by atoms with Crippen LogP contribution < -0.4 is 5.32 Å². The number of benzene rings is 1. The summed E-state index contributed by atoms with van der Waals surface area (Å²) < 4.78 is 0.